The highest BCUT2D eigenvalue weighted by molar-refractivity contribution is 6.32. The minimum atomic E-state index is -0.627. The van der Waals surface area contributed by atoms with Crippen LogP contribution in [-0.2, 0) is 25.5 Å². The van der Waals surface area contributed by atoms with E-state index in [1.54, 1.807) is 42.5 Å². The molecule has 3 aromatic carbocycles. The summed E-state index contributed by atoms with van der Waals surface area (Å²) in [4.78, 5) is 36.1. The molecule has 0 heterocycles. The summed E-state index contributed by atoms with van der Waals surface area (Å²) < 4.78 is 10.7. The molecule has 0 saturated heterocycles. The van der Waals surface area contributed by atoms with Crippen molar-refractivity contribution in [3.63, 3.8) is 0 Å². The van der Waals surface area contributed by atoms with Gasteiger partial charge in [0.05, 0.1) is 11.4 Å². The van der Waals surface area contributed by atoms with Gasteiger partial charge in [0.2, 0.25) is 5.91 Å². The van der Waals surface area contributed by atoms with Gasteiger partial charge in [-0.1, -0.05) is 48.9 Å². The average molecular weight is 481 g/mol. The number of esters is 1. The van der Waals surface area contributed by atoms with Gasteiger partial charge in [-0.15, -0.1) is 0 Å². The van der Waals surface area contributed by atoms with Gasteiger partial charge >= 0.3 is 5.97 Å². The predicted octanol–water partition coefficient (Wildman–Crippen LogP) is 5.60. The van der Waals surface area contributed by atoms with Crippen molar-refractivity contribution in [2.45, 2.75) is 26.2 Å². The van der Waals surface area contributed by atoms with E-state index >= 15 is 0 Å². The van der Waals surface area contributed by atoms with Crippen LogP contribution in [0.5, 0.6) is 11.5 Å². The lowest BCUT2D eigenvalue weighted by Gasteiger charge is -2.10. The molecule has 34 heavy (non-hydrogen) atoms. The molecule has 0 radical (unpaired) electrons. The largest absolute Gasteiger partial charge is 0.456 e. The van der Waals surface area contributed by atoms with Crippen LogP contribution in [0, 0.1) is 0 Å². The fourth-order valence-corrected chi connectivity index (χ4v) is 3.23. The maximum atomic E-state index is 12.1. The van der Waals surface area contributed by atoms with E-state index in [0.717, 1.165) is 12.0 Å². The topological polar surface area (TPSA) is 93.7 Å². The van der Waals surface area contributed by atoms with Crippen LogP contribution in [0.2, 0.25) is 5.02 Å². The third-order valence-electron chi connectivity index (χ3n) is 4.80. The average Bonchev–Trinajstić information content (AvgIpc) is 2.84. The highest BCUT2D eigenvalue weighted by Crippen LogP contribution is 2.29. The summed E-state index contributed by atoms with van der Waals surface area (Å²) in [5.74, 6) is -0.314. The smallest absolute Gasteiger partial charge is 0.306 e. The van der Waals surface area contributed by atoms with E-state index in [1.807, 2.05) is 37.3 Å². The molecule has 0 fully saturated rings. The van der Waals surface area contributed by atoms with Crippen molar-refractivity contribution in [3.05, 3.63) is 83.4 Å². The number of amides is 2. The molecule has 0 unspecified atom stereocenters. The van der Waals surface area contributed by atoms with E-state index in [0.29, 0.717) is 27.9 Å². The molecule has 0 aliphatic heterocycles. The Balaban J connectivity index is 1.38. The summed E-state index contributed by atoms with van der Waals surface area (Å²) in [6.07, 6.45) is 0.553. The van der Waals surface area contributed by atoms with Crippen molar-refractivity contribution in [1.29, 1.82) is 0 Å². The van der Waals surface area contributed by atoms with Crippen molar-refractivity contribution in [2.24, 2.45) is 0 Å². The summed E-state index contributed by atoms with van der Waals surface area (Å²) in [5, 5.41) is 5.92. The summed E-state index contributed by atoms with van der Waals surface area (Å²) in [5.41, 5.74) is 2.23. The number of para-hydroxylation sites is 2. The molecule has 0 aliphatic carbocycles. The zero-order valence-electron chi connectivity index (χ0n) is 18.7. The summed E-state index contributed by atoms with van der Waals surface area (Å²) in [7, 11) is 0. The van der Waals surface area contributed by atoms with Gasteiger partial charge in [0.25, 0.3) is 5.91 Å². The summed E-state index contributed by atoms with van der Waals surface area (Å²) >= 11 is 6.08. The van der Waals surface area contributed by atoms with Crippen LogP contribution < -0.4 is 15.4 Å². The molecular weight excluding hydrogens is 456 g/mol. The quantitative estimate of drug-likeness (QED) is 0.368. The molecule has 2 N–H and O–H groups in total. The molecule has 8 heteroatoms. The van der Waals surface area contributed by atoms with Crippen LogP contribution >= 0.6 is 11.6 Å². The predicted molar refractivity (Wildman–Crippen MR) is 131 cm³/mol. The van der Waals surface area contributed by atoms with Gasteiger partial charge in [-0.05, 0) is 54.4 Å². The van der Waals surface area contributed by atoms with E-state index < -0.39 is 18.5 Å². The first-order valence-corrected chi connectivity index (χ1v) is 11.2. The molecule has 0 aliphatic rings. The zero-order chi connectivity index (χ0) is 24.3. The minimum absolute atomic E-state index is 0.0724. The Bertz CT molecular complexity index is 1150. The Kier molecular flexibility index (Phi) is 9.05. The van der Waals surface area contributed by atoms with E-state index in [1.165, 1.54) is 0 Å². The maximum Gasteiger partial charge on any atom is 0.306 e. The molecule has 2 amide bonds. The number of rotatable bonds is 10. The van der Waals surface area contributed by atoms with Gasteiger partial charge in [-0.25, -0.2) is 0 Å². The highest BCUT2D eigenvalue weighted by Gasteiger charge is 2.12. The Morgan fingerprint density at radius 1 is 0.824 bits per heavy atom. The van der Waals surface area contributed by atoms with E-state index in [9.17, 15) is 14.4 Å². The Morgan fingerprint density at radius 3 is 2.26 bits per heavy atom. The summed E-state index contributed by atoms with van der Waals surface area (Å²) in [6, 6.07) is 21.3. The number of halogens is 1. The lowest BCUT2D eigenvalue weighted by atomic mass is 10.1. The number of hydrogen-bond acceptors (Lipinski definition) is 5. The first kappa shape index (κ1) is 24.8. The lowest BCUT2D eigenvalue weighted by molar-refractivity contribution is -0.147. The number of hydrogen-bond donors (Lipinski definition) is 2. The van der Waals surface area contributed by atoms with Crippen LogP contribution in [0.4, 0.5) is 11.4 Å². The number of benzene rings is 3. The first-order valence-electron chi connectivity index (χ1n) is 10.8. The maximum absolute atomic E-state index is 12.1. The van der Waals surface area contributed by atoms with Crippen LogP contribution in [0.1, 0.15) is 25.3 Å². The van der Waals surface area contributed by atoms with Crippen molar-refractivity contribution in [3.8, 4) is 11.5 Å². The first-order chi connectivity index (χ1) is 16.4. The molecule has 0 aromatic heterocycles. The van der Waals surface area contributed by atoms with Crippen LogP contribution in [-0.4, -0.2) is 24.4 Å². The van der Waals surface area contributed by atoms with Crippen molar-refractivity contribution < 1.29 is 23.9 Å². The molecule has 0 saturated carbocycles. The van der Waals surface area contributed by atoms with Crippen molar-refractivity contribution in [2.75, 3.05) is 17.2 Å². The molecule has 0 spiro atoms. The molecular formula is C26H25ClN2O5. The Hall–Kier alpha value is -3.84. The van der Waals surface area contributed by atoms with Crippen LogP contribution in [0.15, 0.2) is 72.8 Å². The monoisotopic (exact) mass is 480 g/mol. The number of aryl methyl sites for hydroxylation is 1. The molecule has 3 aromatic rings. The second-order valence-corrected chi connectivity index (χ2v) is 7.73. The second-order valence-electron chi connectivity index (χ2n) is 7.32. The second kappa shape index (κ2) is 12.4. The molecule has 0 atom stereocenters. The van der Waals surface area contributed by atoms with Gasteiger partial charge in [-0.2, -0.15) is 0 Å². The molecule has 3 rings (SSSR count). The van der Waals surface area contributed by atoms with Crippen LogP contribution in [0.25, 0.3) is 0 Å². The fraction of sp³-hybridized carbons (Fsp3) is 0.192. The van der Waals surface area contributed by atoms with Crippen molar-refractivity contribution >= 4 is 40.8 Å². The van der Waals surface area contributed by atoms with Gasteiger partial charge in [0.1, 0.15) is 11.5 Å². The van der Waals surface area contributed by atoms with Crippen molar-refractivity contribution in [1.82, 2.24) is 0 Å². The van der Waals surface area contributed by atoms with Crippen LogP contribution in [0.3, 0.4) is 0 Å². The third-order valence-corrected chi connectivity index (χ3v) is 5.11. The van der Waals surface area contributed by atoms with Gasteiger partial charge in [0, 0.05) is 17.8 Å². The molecule has 0 bridgehead atoms. The number of carbonyl (C=O) groups is 3. The lowest BCUT2D eigenvalue weighted by Crippen LogP contribution is -2.22. The minimum Gasteiger partial charge on any atom is -0.456 e. The molecule has 176 valence electrons. The Labute approximate surface area is 203 Å². The van der Waals surface area contributed by atoms with Gasteiger partial charge in [0.15, 0.2) is 6.61 Å². The normalized spacial score (nSPS) is 10.3. The Morgan fingerprint density at radius 2 is 1.53 bits per heavy atom. The standard InChI is InChI=1S/C26H25ClN2O5/c1-2-18-7-3-5-9-22(18)29-25(31)17-33-26(32)16-15-24(30)28-19-11-13-20(14-12-19)34-23-10-6-4-8-21(23)27/h3-14H,2,15-17H2,1H3,(H,28,30)(H,29,31). The van der Waals surface area contributed by atoms with Gasteiger partial charge < -0.3 is 20.1 Å². The zero-order valence-corrected chi connectivity index (χ0v) is 19.4. The van der Waals surface area contributed by atoms with E-state index in [4.69, 9.17) is 21.1 Å². The molecule has 7 nitrogen and oxygen atoms in total. The highest BCUT2D eigenvalue weighted by atomic mass is 35.5. The van der Waals surface area contributed by atoms with E-state index in [-0.39, 0.29) is 18.7 Å². The van der Waals surface area contributed by atoms with E-state index in [2.05, 4.69) is 10.6 Å². The van der Waals surface area contributed by atoms with Gasteiger partial charge in [-0.3, -0.25) is 14.4 Å². The number of ether oxygens (including phenoxy) is 2. The number of anilines is 2. The SMILES string of the molecule is CCc1ccccc1NC(=O)COC(=O)CCC(=O)Nc1ccc(Oc2ccccc2Cl)cc1. The third kappa shape index (κ3) is 7.64. The fourth-order valence-electron chi connectivity index (χ4n) is 3.05. The number of carbonyl (C=O) groups excluding carboxylic acids is 3. The number of nitrogens with one attached hydrogen (secondary N) is 2. The summed E-state index contributed by atoms with van der Waals surface area (Å²) in [6.45, 7) is 1.57.